The molecule has 20 heavy (non-hydrogen) atoms. The Labute approximate surface area is 108 Å². The molecule has 0 bridgehead atoms. The summed E-state index contributed by atoms with van der Waals surface area (Å²) in [5.41, 5.74) is -2.38. The van der Waals surface area contributed by atoms with Crippen molar-refractivity contribution in [2.75, 3.05) is 13.6 Å². The number of amides is 1. The van der Waals surface area contributed by atoms with E-state index in [-0.39, 0.29) is 11.0 Å². The topological polar surface area (TPSA) is 20.3 Å². The third kappa shape index (κ3) is 4.10. The van der Waals surface area contributed by atoms with Crippen molar-refractivity contribution in [1.29, 1.82) is 0 Å². The highest BCUT2D eigenvalue weighted by atomic mass is 19.4. The molecule has 0 aliphatic rings. The van der Waals surface area contributed by atoms with Gasteiger partial charge in [-0.15, -0.1) is 0 Å². The van der Waals surface area contributed by atoms with Crippen molar-refractivity contribution in [2.45, 2.75) is 12.4 Å². The SMILES string of the molecule is CN(CC(F)(F)F)C(=O)c1cc(C(F)(F)F)ccc1F. The summed E-state index contributed by atoms with van der Waals surface area (Å²) in [6, 6.07) is 0.970. The van der Waals surface area contributed by atoms with Gasteiger partial charge in [0.2, 0.25) is 0 Å². The summed E-state index contributed by atoms with van der Waals surface area (Å²) in [5, 5.41) is 0. The van der Waals surface area contributed by atoms with Crippen molar-refractivity contribution in [2.24, 2.45) is 0 Å². The molecular weight excluding hydrogens is 295 g/mol. The smallest absolute Gasteiger partial charge is 0.333 e. The van der Waals surface area contributed by atoms with E-state index < -0.39 is 41.7 Å². The molecule has 0 aromatic heterocycles. The fourth-order valence-electron chi connectivity index (χ4n) is 1.41. The maximum Gasteiger partial charge on any atom is 0.416 e. The molecule has 0 spiro atoms. The molecule has 0 aliphatic carbocycles. The molecule has 1 rings (SSSR count). The summed E-state index contributed by atoms with van der Waals surface area (Å²) in [6.45, 7) is -1.69. The lowest BCUT2D eigenvalue weighted by Gasteiger charge is -2.19. The van der Waals surface area contributed by atoms with E-state index in [4.69, 9.17) is 0 Å². The molecule has 1 aromatic carbocycles. The van der Waals surface area contributed by atoms with E-state index in [1.807, 2.05) is 0 Å². The molecule has 112 valence electrons. The molecule has 2 nitrogen and oxygen atoms in total. The monoisotopic (exact) mass is 303 g/mol. The van der Waals surface area contributed by atoms with Crippen molar-refractivity contribution in [3.63, 3.8) is 0 Å². The first kappa shape index (κ1) is 16.3. The molecule has 0 heterocycles. The largest absolute Gasteiger partial charge is 0.416 e. The molecule has 0 unspecified atom stereocenters. The average Bonchev–Trinajstić information content (AvgIpc) is 2.24. The quantitative estimate of drug-likeness (QED) is 0.766. The molecule has 0 aliphatic heterocycles. The van der Waals surface area contributed by atoms with Crippen LogP contribution in [0.1, 0.15) is 15.9 Å². The molecule has 1 amide bonds. The summed E-state index contributed by atoms with van der Waals surface area (Å²) in [7, 11) is 0.718. The highest BCUT2D eigenvalue weighted by Gasteiger charge is 2.34. The average molecular weight is 303 g/mol. The van der Waals surface area contributed by atoms with E-state index in [2.05, 4.69) is 0 Å². The van der Waals surface area contributed by atoms with Gasteiger partial charge in [0, 0.05) is 7.05 Å². The van der Waals surface area contributed by atoms with Crippen LogP contribution in [0, 0.1) is 5.82 Å². The molecule has 0 radical (unpaired) electrons. The van der Waals surface area contributed by atoms with Gasteiger partial charge in [-0.2, -0.15) is 26.3 Å². The lowest BCUT2D eigenvalue weighted by Crippen LogP contribution is -2.36. The van der Waals surface area contributed by atoms with Crippen LogP contribution in [0.3, 0.4) is 0 Å². The Morgan fingerprint density at radius 2 is 1.70 bits per heavy atom. The first-order chi connectivity index (χ1) is 8.92. The second kappa shape index (κ2) is 5.29. The van der Waals surface area contributed by atoms with Gasteiger partial charge in [0.05, 0.1) is 11.1 Å². The number of hydrogen-bond acceptors (Lipinski definition) is 1. The number of nitrogens with zero attached hydrogens (tertiary/aromatic N) is 1. The van der Waals surface area contributed by atoms with Crippen LogP contribution in [-0.2, 0) is 6.18 Å². The van der Waals surface area contributed by atoms with Gasteiger partial charge in [-0.25, -0.2) is 4.39 Å². The minimum atomic E-state index is -4.83. The van der Waals surface area contributed by atoms with Crippen molar-refractivity contribution >= 4 is 5.91 Å². The lowest BCUT2D eigenvalue weighted by atomic mass is 10.1. The van der Waals surface area contributed by atoms with Crippen LogP contribution in [0.25, 0.3) is 0 Å². The number of benzene rings is 1. The molecule has 0 saturated heterocycles. The van der Waals surface area contributed by atoms with Crippen molar-refractivity contribution in [3.8, 4) is 0 Å². The zero-order chi connectivity index (χ0) is 15.7. The van der Waals surface area contributed by atoms with E-state index in [0.29, 0.717) is 12.1 Å². The summed E-state index contributed by atoms with van der Waals surface area (Å²) in [4.78, 5) is 11.6. The number of carbonyl (C=O) groups excluding carboxylic acids is 1. The first-order valence-corrected chi connectivity index (χ1v) is 5.11. The minimum Gasteiger partial charge on any atom is -0.333 e. The molecular formula is C11H8F7NO. The number of alkyl halides is 6. The standard InChI is InChI=1S/C11H8F7NO/c1-19(5-10(13,14)15)9(20)7-4-6(11(16,17)18)2-3-8(7)12/h2-4H,5H2,1H3. The maximum atomic E-state index is 13.3. The fraction of sp³-hybridized carbons (Fsp3) is 0.364. The van der Waals surface area contributed by atoms with Gasteiger partial charge < -0.3 is 4.90 Å². The Bertz CT molecular complexity index is 506. The zero-order valence-electron chi connectivity index (χ0n) is 9.94. The Kier molecular flexibility index (Phi) is 4.30. The normalized spacial score (nSPS) is 12.4. The third-order valence-corrected chi connectivity index (χ3v) is 2.29. The second-order valence-electron chi connectivity index (χ2n) is 3.97. The van der Waals surface area contributed by atoms with Gasteiger partial charge >= 0.3 is 12.4 Å². The Morgan fingerprint density at radius 1 is 1.15 bits per heavy atom. The molecule has 0 saturated carbocycles. The van der Waals surface area contributed by atoms with E-state index in [1.165, 1.54) is 0 Å². The van der Waals surface area contributed by atoms with Crippen LogP contribution in [0.2, 0.25) is 0 Å². The van der Waals surface area contributed by atoms with Crippen LogP contribution in [0.5, 0.6) is 0 Å². The predicted molar refractivity (Wildman–Crippen MR) is 54.4 cm³/mol. The molecule has 1 aromatic rings. The molecule has 0 fully saturated rings. The van der Waals surface area contributed by atoms with E-state index in [9.17, 15) is 35.5 Å². The van der Waals surface area contributed by atoms with Crippen LogP contribution in [-0.4, -0.2) is 30.6 Å². The van der Waals surface area contributed by atoms with Gasteiger partial charge in [0.15, 0.2) is 0 Å². The third-order valence-electron chi connectivity index (χ3n) is 2.29. The van der Waals surface area contributed by atoms with Gasteiger partial charge in [-0.1, -0.05) is 0 Å². The van der Waals surface area contributed by atoms with Gasteiger partial charge in [-0.05, 0) is 18.2 Å². The Morgan fingerprint density at radius 3 is 2.15 bits per heavy atom. The highest BCUT2D eigenvalue weighted by Crippen LogP contribution is 2.30. The number of rotatable bonds is 2. The van der Waals surface area contributed by atoms with Crippen LogP contribution >= 0.6 is 0 Å². The zero-order valence-corrected chi connectivity index (χ0v) is 9.94. The van der Waals surface area contributed by atoms with E-state index >= 15 is 0 Å². The van der Waals surface area contributed by atoms with Crippen molar-refractivity contribution in [3.05, 3.63) is 35.1 Å². The van der Waals surface area contributed by atoms with Crippen molar-refractivity contribution in [1.82, 2.24) is 4.90 Å². The minimum absolute atomic E-state index is 0.0958. The van der Waals surface area contributed by atoms with Crippen LogP contribution in [0.4, 0.5) is 30.7 Å². The Hall–Kier alpha value is -1.80. The summed E-state index contributed by atoms with van der Waals surface area (Å²) >= 11 is 0. The van der Waals surface area contributed by atoms with Gasteiger partial charge in [0.1, 0.15) is 12.4 Å². The highest BCUT2D eigenvalue weighted by molar-refractivity contribution is 5.94. The fourth-order valence-corrected chi connectivity index (χ4v) is 1.41. The van der Waals surface area contributed by atoms with Gasteiger partial charge in [0.25, 0.3) is 5.91 Å². The predicted octanol–water partition coefficient (Wildman–Crippen LogP) is 3.48. The maximum absolute atomic E-state index is 13.3. The van der Waals surface area contributed by atoms with E-state index in [1.54, 1.807) is 0 Å². The molecule has 0 N–H and O–H groups in total. The summed E-state index contributed by atoms with van der Waals surface area (Å²) < 4.78 is 86.8. The first-order valence-electron chi connectivity index (χ1n) is 5.11. The van der Waals surface area contributed by atoms with E-state index in [0.717, 1.165) is 7.05 Å². The number of hydrogen-bond donors (Lipinski definition) is 0. The molecule has 9 heteroatoms. The summed E-state index contributed by atoms with van der Waals surface area (Å²) in [5.74, 6) is -2.80. The second-order valence-corrected chi connectivity index (χ2v) is 3.97. The van der Waals surface area contributed by atoms with Crippen LogP contribution < -0.4 is 0 Å². The number of carbonyl (C=O) groups is 1. The molecule has 0 atom stereocenters. The van der Waals surface area contributed by atoms with Crippen LogP contribution in [0.15, 0.2) is 18.2 Å². The van der Waals surface area contributed by atoms with Gasteiger partial charge in [-0.3, -0.25) is 4.79 Å². The lowest BCUT2D eigenvalue weighted by molar-refractivity contribution is -0.139. The van der Waals surface area contributed by atoms with Crippen molar-refractivity contribution < 1.29 is 35.5 Å². The summed E-state index contributed by atoms with van der Waals surface area (Å²) in [6.07, 6.45) is -9.56. The number of halogens is 7. The Balaban J connectivity index is 3.10.